The summed E-state index contributed by atoms with van der Waals surface area (Å²) in [6, 6.07) is 10.4. The fraction of sp³-hybridized carbons (Fsp3) is 0.211. The first kappa shape index (κ1) is 19.9. The molecule has 25 heavy (non-hydrogen) atoms. The normalized spacial score (nSPS) is 9.56. The molecule has 0 aromatic heterocycles. The number of nitrogen functional groups attached to an aromatic ring is 1. The molecule has 6 nitrogen and oxygen atoms in total. The highest BCUT2D eigenvalue weighted by atomic mass is 16.4. The number of carbonyl (C=O) groups is 3. The lowest BCUT2D eigenvalue weighted by Gasteiger charge is -2.05. The number of ketones is 1. The van der Waals surface area contributed by atoms with Crippen LogP contribution in [0.3, 0.4) is 0 Å². The van der Waals surface area contributed by atoms with Crippen LogP contribution in [0, 0.1) is 13.8 Å². The molecule has 0 bridgehead atoms. The average Bonchev–Trinajstić information content (AvgIpc) is 2.50. The second kappa shape index (κ2) is 9.22. The molecular formula is C19H22N2O4. The Hall–Kier alpha value is -3.15. The van der Waals surface area contributed by atoms with Crippen molar-refractivity contribution in [3.63, 3.8) is 0 Å². The van der Waals surface area contributed by atoms with Crippen LogP contribution in [0.1, 0.15) is 34.0 Å². The minimum atomic E-state index is -1.11. The Morgan fingerprint density at radius 2 is 1.80 bits per heavy atom. The van der Waals surface area contributed by atoms with Gasteiger partial charge in [0.1, 0.15) is 6.29 Å². The minimum Gasteiger partial charge on any atom is -0.465 e. The van der Waals surface area contributed by atoms with Gasteiger partial charge in [0.15, 0.2) is 5.78 Å². The lowest BCUT2D eigenvalue weighted by molar-refractivity contribution is -0.107. The van der Waals surface area contributed by atoms with Crippen LogP contribution in [-0.2, 0) is 11.2 Å². The topological polar surface area (TPSA) is 109 Å². The number of carbonyl (C=O) groups excluding carboxylic acids is 2. The molecule has 0 spiro atoms. The quantitative estimate of drug-likeness (QED) is 0.447. The number of aryl methyl sites for hydroxylation is 2. The van der Waals surface area contributed by atoms with Crippen molar-refractivity contribution in [3.05, 3.63) is 58.7 Å². The molecule has 132 valence electrons. The van der Waals surface area contributed by atoms with Crippen molar-refractivity contribution in [1.29, 1.82) is 0 Å². The Balaban J connectivity index is 0.000000257. The second-order valence-electron chi connectivity index (χ2n) is 5.57. The third-order valence-electron chi connectivity index (χ3n) is 3.53. The number of aldehydes is 1. The number of benzene rings is 2. The van der Waals surface area contributed by atoms with Crippen molar-refractivity contribution >= 4 is 29.5 Å². The fourth-order valence-corrected chi connectivity index (χ4v) is 2.30. The molecule has 0 radical (unpaired) electrons. The SMILES string of the molecule is CC(=O)c1ccc(NC(=O)O)cc1C.Cc1cc(N)ccc1CC=O. The lowest BCUT2D eigenvalue weighted by Crippen LogP contribution is -2.08. The summed E-state index contributed by atoms with van der Waals surface area (Å²) < 4.78 is 0. The molecular weight excluding hydrogens is 320 g/mol. The molecule has 0 unspecified atom stereocenters. The van der Waals surface area contributed by atoms with E-state index in [0.717, 1.165) is 28.7 Å². The monoisotopic (exact) mass is 342 g/mol. The molecule has 0 aliphatic rings. The summed E-state index contributed by atoms with van der Waals surface area (Å²) in [6.45, 7) is 5.20. The first-order valence-corrected chi connectivity index (χ1v) is 7.64. The minimum absolute atomic E-state index is 0.0237. The summed E-state index contributed by atoms with van der Waals surface area (Å²) in [6.07, 6.45) is 0.268. The maximum Gasteiger partial charge on any atom is 0.409 e. The van der Waals surface area contributed by atoms with Crippen molar-refractivity contribution in [3.8, 4) is 0 Å². The van der Waals surface area contributed by atoms with E-state index in [9.17, 15) is 14.4 Å². The summed E-state index contributed by atoms with van der Waals surface area (Å²) in [5.74, 6) is -0.0237. The van der Waals surface area contributed by atoms with E-state index in [1.54, 1.807) is 25.1 Å². The van der Waals surface area contributed by atoms with E-state index in [2.05, 4.69) is 5.32 Å². The molecule has 0 saturated heterocycles. The van der Waals surface area contributed by atoms with E-state index in [1.807, 2.05) is 25.1 Å². The standard InChI is InChI=1S/C10H11NO3.C9H11NO/c1-6-5-8(11-10(13)14)3-4-9(6)7(2)12;1-7-6-9(10)3-2-8(7)4-5-11/h3-5,11H,1-2H3,(H,13,14);2-3,5-6H,4,10H2,1H3. The Morgan fingerprint density at radius 1 is 1.12 bits per heavy atom. The maximum atomic E-state index is 11.1. The number of Topliss-reactive ketones (excluding diaryl/α,β-unsaturated/α-hetero) is 1. The van der Waals surface area contributed by atoms with Crippen molar-refractivity contribution in [2.75, 3.05) is 11.1 Å². The number of nitrogens with two attached hydrogens (primary N) is 1. The average molecular weight is 342 g/mol. The third-order valence-corrected chi connectivity index (χ3v) is 3.53. The molecule has 2 rings (SSSR count). The smallest absolute Gasteiger partial charge is 0.409 e. The van der Waals surface area contributed by atoms with E-state index in [1.165, 1.54) is 6.92 Å². The van der Waals surface area contributed by atoms with E-state index in [0.29, 0.717) is 17.7 Å². The summed E-state index contributed by atoms with van der Waals surface area (Å²) in [5, 5.41) is 10.7. The molecule has 0 atom stereocenters. The molecule has 0 aliphatic carbocycles. The van der Waals surface area contributed by atoms with Gasteiger partial charge in [-0.3, -0.25) is 10.1 Å². The molecule has 0 fully saturated rings. The first-order chi connectivity index (χ1) is 11.7. The molecule has 6 heteroatoms. The van der Waals surface area contributed by atoms with Gasteiger partial charge in [0, 0.05) is 23.4 Å². The molecule has 4 N–H and O–H groups in total. The van der Waals surface area contributed by atoms with E-state index < -0.39 is 6.09 Å². The van der Waals surface area contributed by atoms with Crippen LogP contribution >= 0.6 is 0 Å². The fourth-order valence-electron chi connectivity index (χ4n) is 2.30. The van der Waals surface area contributed by atoms with Gasteiger partial charge in [-0.2, -0.15) is 0 Å². The van der Waals surface area contributed by atoms with E-state index in [-0.39, 0.29) is 5.78 Å². The van der Waals surface area contributed by atoms with E-state index >= 15 is 0 Å². The van der Waals surface area contributed by atoms with Crippen LogP contribution in [0.4, 0.5) is 16.2 Å². The number of nitrogens with one attached hydrogen (secondary N) is 1. The van der Waals surface area contributed by atoms with Gasteiger partial charge in [0.2, 0.25) is 0 Å². The Labute approximate surface area is 146 Å². The molecule has 0 aliphatic heterocycles. The number of hydrogen-bond acceptors (Lipinski definition) is 4. The van der Waals surface area contributed by atoms with Crippen LogP contribution in [0.2, 0.25) is 0 Å². The molecule has 1 amide bonds. The maximum absolute atomic E-state index is 11.1. The zero-order valence-electron chi connectivity index (χ0n) is 14.5. The van der Waals surface area contributed by atoms with Crippen LogP contribution in [0.25, 0.3) is 0 Å². The zero-order chi connectivity index (χ0) is 19.0. The lowest BCUT2D eigenvalue weighted by atomic mass is 10.1. The number of hydrogen-bond donors (Lipinski definition) is 3. The predicted octanol–water partition coefficient (Wildman–Crippen LogP) is 3.61. The Bertz CT molecular complexity index is 785. The van der Waals surface area contributed by atoms with Gasteiger partial charge in [-0.15, -0.1) is 0 Å². The number of carboxylic acid groups (broad SMARTS) is 1. The van der Waals surface area contributed by atoms with Crippen molar-refractivity contribution in [1.82, 2.24) is 0 Å². The van der Waals surface area contributed by atoms with Crippen LogP contribution in [-0.4, -0.2) is 23.3 Å². The largest absolute Gasteiger partial charge is 0.465 e. The highest BCUT2D eigenvalue weighted by Gasteiger charge is 2.05. The summed E-state index contributed by atoms with van der Waals surface area (Å²) in [4.78, 5) is 31.6. The van der Waals surface area contributed by atoms with Gasteiger partial charge >= 0.3 is 6.09 Å². The number of amides is 1. The molecule has 0 saturated carbocycles. The van der Waals surface area contributed by atoms with Crippen LogP contribution in [0.5, 0.6) is 0 Å². The zero-order valence-corrected chi connectivity index (χ0v) is 14.5. The van der Waals surface area contributed by atoms with Crippen LogP contribution in [0.15, 0.2) is 36.4 Å². The van der Waals surface area contributed by atoms with Crippen molar-refractivity contribution in [2.45, 2.75) is 27.2 Å². The van der Waals surface area contributed by atoms with Crippen LogP contribution < -0.4 is 11.1 Å². The second-order valence-corrected chi connectivity index (χ2v) is 5.57. The first-order valence-electron chi connectivity index (χ1n) is 7.64. The van der Waals surface area contributed by atoms with Gasteiger partial charge in [0.05, 0.1) is 0 Å². The van der Waals surface area contributed by atoms with Gasteiger partial charge in [0.25, 0.3) is 0 Å². The highest BCUT2D eigenvalue weighted by Crippen LogP contribution is 2.15. The van der Waals surface area contributed by atoms with Gasteiger partial charge < -0.3 is 15.6 Å². The Morgan fingerprint density at radius 3 is 2.28 bits per heavy atom. The number of anilines is 2. The van der Waals surface area contributed by atoms with Gasteiger partial charge in [-0.25, -0.2) is 4.79 Å². The summed E-state index contributed by atoms with van der Waals surface area (Å²) >= 11 is 0. The van der Waals surface area contributed by atoms with Crippen molar-refractivity contribution in [2.24, 2.45) is 0 Å². The summed E-state index contributed by atoms with van der Waals surface area (Å²) in [7, 11) is 0. The highest BCUT2D eigenvalue weighted by molar-refractivity contribution is 5.96. The predicted molar refractivity (Wildman–Crippen MR) is 98.2 cm³/mol. The van der Waals surface area contributed by atoms with E-state index in [4.69, 9.17) is 10.8 Å². The molecule has 0 heterocycles. The molecule has 2 aromatic rings. The number of rotatable bonds is 4. The third kappa shape index (κ3) is 6.47. The van der Waals surface area contributed by atoms with Crippen molar-refractivity contribution < 1.29 is 19.5 Å². The molecule has 2 aromatic carbocycles. The van der Waals surface area contributed by atoms with Gasteiger partial charge in [-0.05, 0) is 67.8 Å². The van der Waals surface area contributed by atoms with Gasteiger partial charge in [-0.1, -0.05) is 6.07 Å². The Kier molecular flexibility index (Phi) is 7.34. The summed E-state index contributed by atoms with van der Waals surface area (Å²) in [5.41, 5.74) is 10.3.